The van der Waals surface area contributed by atoms with Crippen molar-refractivity contribution in [2.45, 2.75) is 32.6 Å². The van der Waals surface area contributed by atoms with Gasteiger partial charge in [0.05, 0.1) is 12.1 Å². The fourth-order valence-electron chi connectivity index (χ4n) is 2.99. The Morgan fingerprint density at radius 2 is 1.45 bits per heavy atom. The number of nitrogens with zero attached hydrogens (tertiary/aromatic N) is 2. The maximum Gasteiger partial charge on any atom is 0.309 e. The van der Waals surface area contributed by atoms with Crippen LogP contribution in [0.1, 0.15) is 32.9 Å². The number of carbonyl (C=O) groups excluding carboxylic acids is 1. The molecule has 150 valence electrons. The van der Waals surface area contributed by atoms with Crippen molar-refractivity contribution < 1.29 is 14.0 Å². The van der Waals surface area contributed by atoms with E-state index in [2.05, 4.69) is 47.8 Å². The van der Waals surface area contributed by atoms with Gasteiger partial charge in [0, 0.05) is 16.5 Å². The van der Waals surface area contributed by atoms with E-state index in [9.17, 15) is 4.79 Å². The molecule has 5 nitrogen and oxygen atoms in total. The third-order valence-electron chi connectivity index (χ3n) is 4.52. The fraction of sp³-hybridized carbons (Fsp3) is 0.261. The number of rotatable bonds is 3. The number of hydrogen-bond donors (Lipinski definition) is 0. The molecule has 0 radical (unpaired) electrons. The van der Waals surface area contributed by atoms with Crippen LogP contribution in [0.4, 0.5) is 0 Å². The predicted molar refractivity (Wildman–Crippen MR) is 118 cm³/mol. The summed E-state index contributed by atoms with van der Waals surface area (Å²) < 4.78 is 10.2. The molecule has 0 atom stereocenters. The van der Waals surface area contributed by atoms with Gasteiger partial charge >= 0.3 is 5.97 Å². The van der Waals surface area contributed by atoms with Crippen LogP contribution in [0.15, 0.2) is 60.7 Å². The standard InChI is InChI=1S/C20H22N2OSi.C3H4O2/c1-20(2,3)19-16(14-10-6-4-7-11-14)18(23-24)17(21-22-19)15-12-8-5-9-13-15;4-3-1-2-5-3/h4-13H,1-3,24H3;1-2H2. The molecule has 1 aliphatic heterocycles. The number of aromatic nitrogens is 2. The molecule has 2 aromatic carbocycles. The number of ether oxygens (including phenoxy) is 1. The molecule has 0 N–H and O–H groups in total. The summed E-state index contributed by atoms with van der Waals surface area (Å²) in [5, 5.41) is 9.12. The molecule has 0 amide bonds. The first-order valence-electron chi connectivity index (χ1n) is 9.63. The molecule has 0 unspecified atom stereocenters. The van der Waals surface area contributed by atoms with Crippen molar-refractivity contribution in [1.82, 2.24) is 10.2 Å². The molecular formula is C23H26N2O3Si. The Morgan fingerprint density at radius 3 is 1.86 bits per heavy atom. The largest absolute Gasteiger partial charge is 0.551 e. The van der Waals surface area contributed by atoms with Crippen molar-refractivity contribution >= 4 is 16.5 Å². The first-order valence-corrected chi connectivity index (χ1v) is 10.4. The van der Waals surface area contributed by atoms with Crippen LogP contribution in [0, 0.1) is 0 Å². The third kappa shape index (κ3) is 4.89. The second-order valence-electron chi connectivity index (χ2n) is 7.76. The van der Waals surface area contributed by atoms with Gasteiger partial charge in [-0.05, 0) is 5.56 Å². The van der Waals surface area contributed by atoms with Gasteiger partial charge in [0.2, 0.25) is 10.5 Å². The van der Waals surface area contributed by atoms with Crippen LogP contribution in [0.25, 0.3) is 22.4 Å². The zero-order valence-electron chi connectivity index (χ0n) is 17.3. The van der Waals surface area contributed by atoms with Crippen molar-refractivity contribution in [3.8, 4) is 28.1 Å². The van der Waals surface area contributed by atoms with Crippen molar-refractivity contribution in [2.75, 3.05) is 6.61 Å². The lowest BCUT2D eigenvalue weighted by Crippen LogP contribution is -2.18. The Bertz CT molecular complexity index is 965. The summed E-state index contributed by atoms with van der Waals surface area (Å²) in [6.07, 6.45) is 0.625. The summed E-state index contributed by atoms with van der Waals surface area (Å²) in [6, 6.07) is 20.4. The summed E-state index contributed by atoms with van der Waals surface area (Å²) >= 11 is 0. The highest BCUT2D eigenvalue weighted by Crippen LogP contribution is 2.42. The van der Waals surface area contributed by atoms with Gasteiger partial charge in [0.25, 0.3) is 0 Å². The van der Waals surface area contributed by atoms with E-state index in [4.69, 9.17) is 4.43 Å². The second-order valence-corrected chi connectivity index (χ2v) is 8.17. The summed E-state index contributed by atoms with van der Waals surface area (Å²) in [4.78, 5) is 9.68. The molecule has 1 aliphatic rings. The number of benzene rings is 2. The van der Waals surface area contributed by atoms with Gasteiger partial charge in [0.1, 0.15) is 18.1 Å². The van der Waals surface area contributed by atoms with E-state index in [1.165, 1.54) is 0 Å². The molecule has 6 heteroatoms. The molecule has 1 aromatic heterocycles. The van der Waals surface area contributed by atoms with Crippen LogP contribution < -0.4 is 4.43 Å². The minimum Gasteiger partial charge on any atom is -0.551 e. The van der Waals surface area contributed by atoms with Crippen LogP contribution in [0.2, 0.25) is 0 Å². The molecule has 1 fully saturated rings. The topological polar surface area (TPSA) is 61.3 Å². The quantitative estimate of drug-likeness (QED) is 0.490. The van der Waals surface area contributed by atoms with Gasteiger partial charge in [-0.1, -0.05) is 81.4 Å². The van der Waals surface area contributed by atoms with Crippen LogP contribution in [-0.4, -0.2) is 33.3 Å². The zero-order chi connectivity index (χ0) is 20.9. The molecule has 0 aliphatic carbocycles. The Hall–Kier alpha value is -2.99. The van der Waals surface area contributed by atoms with E-state index in [-0.39, 0.29) is 11.4 Å². The highest BCUT2D eigenvalue weighted by Gasteiger charge is 2.27. The molecule has 1 saturated heterocycles. The third-order valence-corrected chi connectivity index (χ3v) is 4.93. The van der Waals surface area contributed by atoms with Gasteiger partial charge in [-0.15, -0.1) is 5.10 Å². The van der Waals surface area contributed by atoms with Crippen molar-refractivity contribution in [2.24, 2.45) is 0 Å². The van der Waals surface area contributed by atoms with E-state index in [1.807, 2.05) is 48.5 Å². The molecule has 0 spiro atoms. The normalized spacial score (nSPS) is 13.0. The number of esters is 1. The maximum absolute atomic E-state index is 9.68. The smallest absolute Gasteiger partial charge is 0.309 e. The lowest BCUT2D eigenvalue weighted by molar-refractivity contribution is -0.157. The molecule has 0 bridgehead atoms. The highest BCUT2D eigenvalue weighted by atomic mass is 28.2. The number of hydrogen-bond acceptors (Lipinski definition) is 5. The Labute approximate surface area is 174 Å². The second kappa shape index (κ2) is 9.00. The van der Waals surface area contributed by atoms with E-state index in [0.29, 0.717) is 23.5 Å². The molecule has 4 rings (SSSR count). The molecule has 0 saturated carbocycles. The van der Waals surface area contributed by atoms with Crippen LogP contribution in [0.5, 0.6) is 5.75 Å². The van der Waals surface area contributed by atoms with Crippen molar-refractivity contribution in [3.63, 3.8) is 0 Å². The average Bonchev–Trinajstić information content (AvgIpc) is 2.72. The Kier molecular flexibility index (Phi) is 6.44. The van der Waals surface area contributed by atoms with Crippen molar-refractivity contribution in [3.05, 3.63) is 66.4 Å². The maximum atomic E-state index is 9.68. The van der Waals surface area contributed by atoms with Gasteiger partial charge in [-0.25, -0.2) is 0 Å². The van der Waals surface area contributed by atoms with Crippen LogP contribution >= 0.6 is 0 Å². The van der Waals surface area contributed by atoms with Gasteiger partial charge < -0.3 is 9.16 Å². The number of carbonyl (C=O) groups is 1. The minimum absolute atomic E-state index is 0.0648. The molecule has 2 heterocycles. The van der Waals surface area contributed by atoms with Gasteiger partial charge in [0.15, 0.2) is 0 Å². The van der Waals surface area contributed by atoms with Crippen molar-refractivity contribution in [1.29, 1.82) is 0 Å². The minimum atomic E-state index is -0.123. The molecular weight excluding hydrogens is 380 g/mol. The van der Waals surface area contributed by atoms with E-state index in [0.717, 1.165) is 33.8 Å². The SMILES string of the molecule is CC(C)(C)c1nnc(-c2ccccc2)c(O[SiH3])c1-c1ccccc1.O=C1CCO1. The first-order chi connectivity index (χ1) is 13.9. The number of cyclic esters (lactones) is 1. The Morgan fingerprint density at radius 1 is 0.931 bits per heavy atom. The first kappa shape index (κ1) is 20.7. The zero-order valence-corrected chi connectivity index (χ0v) is 19.3. The molecule has 3 aromatic rings. The summed E-state index contributed by atoms with van der Waals surface area (Å²) in [7, 11) is 0.593. The van der Waals surface area contributed by atoms with E-state index >= 15 is 0 Å². The monoisotopic (exact) mass is 406 g/mol. The van der Waals surface area contributed by atoms with Gasteiger partial charge in [-0.2, -0.15) is 5.10 Å². The average molecular weight is 407 g/mol. The summed E-state index contributed by atoms with van der Waals surface area (Å²) in [6.45, 7) is 7.10. The summed E-state index contributed by atoms with van der Waals surface area (Å²) in [5.41, 5.74) is 4.82. The lowest BCUT2D eigenvalue weighted by Gasteiger charge is -2.24. The van der Waals surface area contributed by atoms with E-state index < -0.39 is 0 Å². The van der Waals surface area contributed by atoms with Crippen LogP contribution in [0.3, 0.4) is 0 Å². The lowest BCUT2D eigenvalue weighted by atomic mass is 9.85. The van der Waals surface area contributed by atoms with E-state index in [1.54, 1.807) is 0 Å². The van der Waals surface area contributed by atoms with Crippen LogP contribution in [-0.2, 0) is 14.9 Å². The fourth-order valence-corrected chi connectivity index (χ4v) is 3.39. The highest BCUT2D eigenvalue weighted by molar-refractivity contribution is 6.02. The summed E-state index contributed by atoms with van der Waals surface area (Å²) in [5.74, 6) is 0.768. The Balaban J connectivity index is 0.000000419. The predicted octanol–water partition coefficient (Wildman–Crippen LogP) is 3.70. The van der Waals surface area contributed by atoms with Gasteiger partial charge in [-0.3, -0.25) is 4.79 Å². The molecule has 29 heavy (non-hydrogen) atoms.